The van der Waals surface area contributed by atoms with Crippen molar-refractivity contribution >= 4 is 27.6 Å². The van der Waals surface area contributed by atoms with Gasteiger partial charge in [0.15, 0.2) is 12.1 Å². The first-order valence-corrected chi connectivity index (χ1v) is 14.2. The topological polar surface area (TPSA) is 142 Å². The molecule has 6 rings (SSSR count). The van der Waals surface area contributed by atoms with E-state index in [1.165, 1.54) is 0 Å². The van der Waals surface area contributed by atoms with Crippen LogP contribution in [-0.2, 0) is 18.9 Å². The van der Waals surface area contributed by atoms with Gasteiger partial charge in [0.05, 0.1) is 27.9 Å². The van der Waals surface area contributed by atoms with Gasteiger partial charge in [-0.3, -0.25) is 9.99 Å². The van der Waals surface area contributed by atoms with E-state index in [1.807, 2.05) is 55.5 Å². The molecule has 2 aliphatic heterocycles. The van der Waals surface area contributed by atoms with Crippen molar-refractivity contribution < 1.29 is 28.8 Å². The second-order valence-corrected chi connectivity index (χ2v) is 12.2. The number of fused-ring (bicyclic) bond motifs is 2. The number of nitrogens with zero attached hydrogens (tertiary/aromatic N) is 4. The number of hydrogen-bond acceptors (Lipinski definition) is 11. The van der Waals surface area contributed by atoms with Crippen LogP contribution in [0.15, 0.2) is 54.9 Å². The lowest BCUT2D eigenvalue weighted by molar-refractivity contribution is -0.313. The Bertz CT molecular complexity index is 1520. The molecule has 2 aromatic carbocycles. The summed E-state index contributed by atoms with van der Waals surface area (Å²) in [6.45, 7) is 7.47. The van der Waals surface area contributed by atoms with E-state index in [-0.39, 0.29) is 6.61 Å². The highest BCUT2D eigenvalue weighted by Crippen LogP contribution is 2.39. The third-order valence-corrected chi connectivity index (χ3v) is 7.74. The lowest BCUT2D eigenvalue weighted by Crippen LogP contribution is -2.66. The van der Waals surface area contributed by atoms with E-state index in [4.69, 9.17) is 18.9 Å². The van der Waals surface area contributed by atoms with Crippen LogP contribution >= 0.6 is 11.3 Å². The standard InChI is InChI=1S/C28H32N6O6S/c1-15-30-18-11-10-17(12-20(18)41-15)34-14-29-32-25(34)24-22(35)21(31-33-27(36)40-28(2,3)4)23-19(38-24)13-37-26(39-23)16-8-6-5-7-9-16/h5-12,14,19,21-24,26,31,35H,13H2,1-4H3,(H,33,36)/t19?,21?,22?,23-,24+,26?/m0/s1. The zero-order valence-electron chi connectivity index (χ0n) is 23.1. The number of carbonyl (C=O) groups excluding carboxylic acids is 1. The van der Waals surface area contributed by atoms with Gasteiger partial charge in [-0.1, -0.05) is 30.3 Å². The van der Waals surface area contributed by atoms with E-state index in [1.54, 1.807) is 43.0 Å². The Morgan fingerprint density at radius 3 is 2.76 bits per heavy atom. The van der Waals surface area contributed by atoms with Crippen molar-refractivity contribution in [2.24, 2.45) is 0 Å². The number of aliphatic hydroxyl groups excluding tert-OH is 1. The Morgan fingerprint density at radius 1 is 1.17 bits per heavy atom. The van der Waals surface area contributed by atoms with Crippen LogP contribution < -0.4 is 10.9 Å². The van der Waals surface area contributed by atoms with Crippen LogP contribution in [-0.4, -0.2) is 67.5 Å². The van der Waals surface area contributed by atoms with Crippen LogP contribution in [0.2, 0.25) is 0 Å². The molecular formula is C28H32N6O6S. The van der Waals surface area contributed by atoms with Crippen LogP contribution in [0.5, 0.6) is 0 Å². The number of aliphatic hydroxyl groups is 1. The zero-order valence-corrected chi connectivity index (χ0v) is 23.9. The van der Waals surface area contributed by atoms with E-state index >= 15 is 0 Å². The number of aromatic nitrogens is 4. The molecule has 1 amide bonds. The number of nitrogens with one attached hydrogen (secondary N) is 2. The number of carbonyl (C=O) groups is 1. The summed E-state index contributed by atoms with van der Waals surface area (Å²) in [6.07, 6.45) is -3.16. The molecule has 0 bridgehead atoms. The Morgan fingerprint density at radius 2 is 1.98 bits per heavy atom. The first kappa shape index (κ1) is 27.7. The third kappa shape index (κ3) is 5.82. The molecule has 0 saturated carbocycles. The second-order valence-electron chi connectivity index (χ2n) is 11.0. The Balaban J connectivity index is 1.29. The number of hydrazine groups is 1. The summed E-state index contributed by atoms with van der Waals surface area (Å²) in [5.41, 5.74) is 7.35. The van der Waals surface area contributed by atoms with Crippen molar-refractivity contribution in [3.63, 3.8) is 0 Å². The summed E-state index contributed by atoms with van der Waals surface area (Å²) in [5, 5.41) is 21.1. The fourth-order valence-electron chi connectivity index (χ4n) is 5.06. The third-order valence-electron chi connectivity index (χ3n) is 6.81. The highest BCUT2D eigenvalue weighted by Gasteiger charge is 2.51. The molecule has 3 N–H and O–H groups in total. The summed E-state index contributed by atoms with van der Waals surface area (Å²) < 4.78 is 26.9. The molecular weight excluding hydrogens is 548 g/mol. The predicted molar refractivity (Wildman–Crippen MR) is 149 cm³/mol. The van der Waals surface area contributed by atoms with Gasteiger partial charge in [0.1, 0.15) is 36.3 Å². The Labute approximate surface area is 240 Å². The summed E-state index contributed by atoms with van der Waals surface area (Å²) in [5.74, 6) is 0.394. The van der Waals surface area contributed by atoms with Gasteiger partial charge in [-0.25, -0.2) is 15.2 Å². The molecule has 0 aliphatic carbocycles. The molecule has 2 aromatic heterocycles. The normalized spacial score (nSPS) is 26.5. The number of aryl methyl sites for hydroxylation is 1. The van der Waals surface area contributed by atoms with Crippen LogP contribution in [0.3, 0.4) is 0 Å². The summed E-state index contributed by atoms with van der Waals surface area (Å²) in [6, 6.07) is 14.6. The first-order valence-electron chi connectivity index (χ1n) is 13.3. The van der Waals surface area contributed by atoms with Crippen molar-refractivity contribution in [2.75, 3.05) is 6.61 Å². The smallest absolute Gasteiger partial charge is 0.422 e. The fraction of sp³-hybridized carbons (Fsp3) is 0.429. The largest absolute Gasteiger partial charge is 0.443 e. The monoisotopic (exact) mass is 580 g/mol. The Kier molecular flexibility index (Phi) is 7.49. The lowest BCUT2D eigenvalue weighted by Gasteiger charge is -2.48. The SMILES string of the molecule is Cc1nc2ccc(-n3cnnc3[C@@H]3OC4COC(c5ccccc5)O[C@@H]4C(NNC(=O)OC(C)(C)C)C3O)cc2s1. The summed E-state index contributed by atoms with van der Waals surface area (Å²) in [4.78, 5) is 17.0. The number of ether oxygens (including phenoxy) is 4. The van der Waals surface area contributed by atoms with E-state index in [0.717, 1.165) is 26.5 Å². The summed E-state index contributed by atoms with van der Waals surface area (Å²) >= 11 is 1.59. The quantitative estimate of drug-likeness (QED) is 0.300. The minimum Gasteiger partial charge on any atom is -0.443 e. The molecule has 41 heavy (non-hydrogen) atoms. The summed E-state index contributed by atoms with van der Waals surface area (Å²) in [7, 11) is 0. The molecule has 13 heteroatoms. The van der Waals surface area contributed by atoms with Crippen LogP contribution in [0, 0.1) is 6.92 Å². The number of benzene rings is 2. The van der Waals surface area contributed by atoms with Crippen molar-refractivity contribution in [1.29, 1.82) is 0 Å². The van der Waals surface area contributed by atoms with E-state index in [0.29, 0.717) is 5.82 Å². The fourth-order valence-corrected chi connectivity index (χ4v) is 5.92. The second kappa shape index (κ2) is 11.1. The molecule has 2 saturated heterocycles. The molecule has 4 heterocycles. The molecule has 2 aliphatic rings. The van der Waals surface area contributed by atoms with Gasteiger partial charge in [0, 0.05) is 11.3 Å². The highest BCUT2D eigenvalue weighted by molar-refractivity contribution is 7.18. The Hall–Kier alpha value is -3.46. The lowest BCUT2D eigenvalue weighted by atomic mass is 9.91. The van der Waals surface area contributed by atoms with E-state index < -0.39 is 48.4 Å². The van der Waals surface area contributed by atoms with Gasteiger partial charge in [-0.2, -0.15) is 0 Å². The van der Waals surface area contributed by atoms with Gasteiger partial charge >= 0.3 is 6.09 Å². The maximum absolute atomic E-state index is 12.5. The number of hydrogen-bond donors (Lipinski definition) is 3. The number of rotatable bonds is 5. The van der Waals surface area contributed by atoms with Gasteiger partial charge < -0.3 is 24.1 Å². The van der Waals surface area contributed by atoms with Gasteiger partial charge in [0.25, 0.3) is 0 Å². The van der Waals surface area contributed by atoms with Crippen LogP contribution in [0.1, 0.15) is 49.6 Å². The van der Waals surface area contributed by atoms with Gasteiger partial charge in [0.2, 0.25) is 0 Å². The highest BCUT2D eigenvalue weighted by atomic mass is 32.1. The number of amides is 1. The van der Waals surface area contributed by atoms with Crippen molar-refractivity contribution in [3.8, 4) is 5.69 Å². The maximum Gasteiger partial charge on any atom is 0.422 e. The van der Waals surface area contributed by atoms with Crippen molar-refractivity contribution in [1.82, 2.24) is 30.6 Å². The van der Waals surface area contributed by atoms with Crippen LogP contribution in [0.4, 0.5) is 4.79 Å². The van der Waals surface area contributed by atoms with Crippen molar-refractivity contribution in [3.05, 3.63) is 71.3 Å². The van der Waals surface area contributed by atoms with E-state index in [2.05, 4.69) is 26.0 Å². The first-order chi connectivity index (χ1) is 19.7. The van der Waals surface area contributed by atoms with Gasteiger partial charge in [-0.15, -0.1) is 21.5 Å². The molecule has 6 atom stereocenters. The van der Waals surface area contributed by atoms with Gasteiger partial charge in [-0.05, 0) is 45.9 Å². The molecule has 0 radical (unpaired) electrons. The average molecular weight is 581 g/mol. The minimum atomic E-state index is -1.20. The molecule has 216 valence electrons. The maximum atomic E-state index is 12.5. The minimum absolute atomic E-state index is 0.193. The predicted octanol–water partition coefficient (Wildman–Crippen LogP) is 3.50. The average Bonchev–Trinajstić information content (AvgIpc) is 3.57. The number of thiazole rings is 1. The molecule has 12 nitrogen and oxygen atoms in total. The molecule has 4 unspecified atom stereocenters. The van der Waals surface area contributed by atoms with E-state index in [9.17, 15) is 9.90 Å². The molecule has 0 spiro atoms. The molecule has 4 aromatic rings. The zero-order chi connectivity index (χ0) is 28.7. The van der Waals surface area contributed by atoms with Crippen LogP contribution in [0.25, 0.3) is 15.9 Å². The van der Waals surface area contributed by atoms with Crippen molar-refractivity contribution in [2.45, 2.75) is 70.0 Å². The molecule has 2 fully saturated rings.